The summed E-state index contributed by atoms with van der Waals surface area (Å²) in [5.74, 6) is -0.168. The van der Waals surface area contributed by atoms with Crippen LogP contribution in [0.2, 0.25) is 5.02 Å². The van der Waals surface area contributed by atoms with E-state index in [1.165, 1.54) is 19.2 Å². The Balaban J connectivity index is 2.21. The molecule has 11 heteroatoms. The molecule has 6 nitrogen and oxygen atoms in total. The number of rotatable bonds is 6. The third-order valence-corrected chi connectivity index (χ3v) is 5.77. The van der Waals surface area contributed by atoms with Crippen molar-refractivity contribution < 1.29 is 31.1 Å². The van der Waals surface area contributed by atoms with Crippen LogP contribution in [0.15, 0.2) is 47.4 Å². The van der Waals surface area contributed by atoms with Gasteiger partial charge in [0.05, 0.1) is 24.1 Å². The molecule has 0 aliphatic carbocycles. The van der Waals surface area contributed by atoms with Gasteiger partial charge in [0.15, 0.2) is 0 Å². The van der Waals surface area contributed by atoms with E-state index >= 15 is 0 Å². The van der Waals surface area contributed by atoms with E-state index in [2.05, 4.69) is 5.32 Å². The molecule has 0 atom stereocenters. The van der Waals surface area contributed by atoms with E-state index in [1.807, 2.05) is 0 Å². The standard InChI is InChI=1S/C17H16ClF3N2O4S/c1-23(10-16(24)22-12-4-6-13(27-2)7-5-12)28(25,26)15-8-3-11(18)9-14(15)17(19,20)21/h3-9H,10H2,1-2H3,(H,22,24). The van der Waals surface area contributed by atoms with E-state index in [9.17, 15) is 26.4 Å². The van der Waals surface area contributed by atoms with Gasteiger partial charge in [0.2, 0.25) is 15.9 Å². The van der Waals surface area contributed by atoms with Gasteiger partial charge in [0, 0.05) is 17.8 Å². The molecule has 0 fully saturated rings. The number of halogens is 4. The van der Waals surface area contributed by atoms with Gasteiger partial charge >= 0.3 is 6.18 Å². The Labute approximate surface area is 164 Å². The number of nitrogens with zero attached hydrogens (tertiary/aromatic N) is 1. The van der Waals surface area contributed by atoms with Crippen molar-refractivity contribution in [2.75, 3.05) is 26.0 Å². The van der Waals surface area contributed by atoms with Gasteiger partial charge in [-0.25, -0.2) is 8.42 Å². The van der Waals surface area contributed by atoms with Crippen molar-refractivity contribution >= 4 is 33.2 Å². The molecular weight excluding hydrogens is 421 g/mol. The van der Waals surface area contributed by atoms with Crippen LogP contribution in [0.25, 0.3) is 0 Å². The zero-order valence-electron chi connectivity index (χ0n) is 14.7. The van der Waals surface area contributed by atoms with Crippen LogP contribution in [0.5, 0.6) is 5.75 Å². The Bertz CT molecular complexity index is 963. The second-order valence-corrected chi connectivity index (χ2v) is 8.13. The molecule has 0 bridgehead atoms. The first-order valence-electron chi connectivity index (χ1n) is 7.72. The quantitative estimate of drug-likeness (QED) is 0.750. The van der Waals surface area contributed by atoms with Gasteiger partial charge in [0.1, 0.15) is 5.75 Å². The van der Waals surface area contributed by atoms with Crippen LogP contribution in [0.3, 0.4) is 0 Å². The summed E-state index contributed by atoms with van der Waals surface area (Å²) in [6.07, 6.45) is -4.93. The van der Waals surface area contributed by atoms with Crippen molar-refractivity contribution in [1.29, 1.82) is 0 Å². The molecule has 0 heterocycles. The molecule has 0 saturated heterocycles. The van der Waals surface area contributed by atoms with Crippen molar-refractivity contribution in [2.45, 2.75) is 11.1 Å². The van der Waals surface area contributed by atoms with E-state index in [0.29, 0.717) is 21.8 Å². The van der Waals surface area contributed by atoms with Gasteiger partial charge in [-0.1, -0.05) is 11.6 Å². The minimum absolute atomic E-state index is 0.258. The predicted molar refractivity (Wildman–Crippen MR) is 97.9 cm³/mol. The van der Waals surface area contributed by atoms with Gasteiger partial charge in [-0.3, -0.25) is 4.79 Å². The minimum Gasteiger partial charge on any atom is -0.497 e. The minimum atomic E-state index is -4.93. The Kier molecular flexibility index (Phi) is 6.58. The van der Waals surface area contributed by atoms with Crippen LogP contribution < -0.4 is 10.1 Å². The van der Waals surface area contributed by atoms with Crippen molar-refractivity contribution in [2.24, 2.45) is 0 Å². The Hall–Kier alpha value is -2.30. The lowest BCUT2D eigenvalue weighted by molar-refractivity contribution is -0.139. The summed E-state index contributed by atoms with van der Waals surface area (Å²) in [5.41, 5.74) is -1.03. The maximum absolute atomic E-state index is 13.2. The molecule has 1 amide bonds. The first kappa shape index (κ1) is 22.0. The molecule has 2 aromatic rings. The molecule has 28 heavy (non-hydrogen) atoms. The number of likely N-dealkylation sites (N-methyl/N-ethyl adjacent to an activating group) is 1. The van der Waals surface area contributed by atoms with Crippen molar-refractivity contribution in [1.82, 2.24) is 4.31 Å². The number of hydrogen-bond donors (Lipinski definition) is 1. The summed E-state index contributed by atoms with van der Waals surface area (Å²) in [6, 6.07) is 8.56. The highest BCUT2D eigenvalue weighted by Crippen LogP contribution is 2.36. The van der Waals surface area contributed by atoms with Crippen molar-refractivity contribution in [3.63, 3.8) is 0 Å². The Morgan fingerprint density at radius 3 is 2.32 bits per heavy atom. The molecule has 0 aromatic heterocycles. The first-order valence-corrected chi connectivity index (χ1v) is 9.54. The smallest absolute Gasteiger partial charge is 0.417 e. The van der Waals surface area contributed by atoms with Crippen LogP contribution in [-0.2, 0) is 21.0 Å². The summed E-state index contributed by atoms with van der Waals surface area (Å²) in [7, 11) is -2.11. The summed E-state index contributed by atoms with van der Waals surface area (Å²) in [6.45, 7) is -0.686. The number of carbonyl (C=O) groups is 1. The molecular formula is C17H16ClF3N2O4S. The fourth-order valence-corrected chi connectivity index (χ4v) is 3.77. The number of methoxy groups -OCH3 is 1. The fourth-order valence-electron chi connectivity index (χ4n) is 2.28. The highest BCUT2D eigenvalue weighted by Gasteiger charge is 2.39. The summed E-state index contributed by atoms with van der Waals surface area (Å²) >= 11 is 5.57. The number of anilines is 1. The number of sulfonamides is 1. The molecule has 0 radical (unpaired) electrons. The number of benzene rings is 2. The second-order valence-electron chi connectivity index (χ2n) is 5.68. The van der Waals surface area contributed by atoms with Crippen LogP contribution in [0.1, 0.15) is 5.56 Å². The average molecular weight is 437 g/mol. The molecule has 152 valence electrons. The van der Waals surface area contributed by atoms with Gasteiger partial charge in [-0.15, -0.1) is 0 Å². The van der Waals surface area contributed by atoms with Crippen molar-refractivity contribution in [3.8, 4) is 5.75 Å². The molecule has 0 aliphatic rings. The van der Waals surface area contributed by atoms with Crippen LogP contribution in [0, 0.1) is 0 Å². The molecule has 2 rings (SSSR count). The van der Waals surface area contributed by atoms with E-state index < -0.39 is 39.1 Å². The summed E-state index contributed by atoms with van der Waals surface area (Å²) in [5, 5.41) is 2.20. The molecule has 0 saturated carbocycles. The molecule has 0 aliphatic heterocycles. The fraction of sp³-hybridized carbons (Fsp3) is 0.235. The van der Waals surface area contributed by atoms with E-state index in [0.717, 1.165) is 19.2 Å². The van der Waals surface area contributed by atoms with E-state index in [1.54, 1.807) is 12.1 Å². The van der Waals surface area contributed by atoms with Gasteiger partial charge in [0.25, 0.3) is 0 Å². The van der Waals surface area contributed by atoms with Gasteiger partial charge < -0.3 is 10.1 Å². The normalized spacial score (nSPS) is 12.1. The zero-order valence-corrected chi connectivity index (χ0v) is 16.3. The maximum Gasteiger partial charge on any atom is 0.417 e. The zero-order chi connectivity index (χ0) is 21.1. The monoisotopic (exact) mass is 436 g/mol. The Morgan fingerprint density at radius 2 is 1.79 bits per heavy atom. The van der Waals surface area contributed by atoms with E-state index in [-0.39, 0.29) is 5.02 Å². The lowest BCUT2D eigenvalue weighted by Crippen LogP contribution is -2.35. The lowest BCUT2D eigenvalue weighted by Gasteiger charge is -2.20. The highest BCUT2D eigenvalue weighted by molar-refractivity contribution is 7.89. The highest BCUT2D eigenvalue weighted by atomic mass is 35.5. The first-order chi connectivity index (χ1) is 12.9. The average Bonchev–Trinajstić information content (AvgIpc) is 2.61. The van der Waals surface area contributed by atoms with Gasteiger partial charge in [-0.05, 0) is 42.5 Å². The van der Waals surface area contributed by atoms with Crippen molar-refractivity contribution in [3.05, 3.63) is 53.1 Å². The molecule has 1 N–H and O–H groups in total. The van der Waals surface area contributed by atoms with Crippen LogP contribution >= 0.6 is 11.6 Å². The summed E-state index contributed by atoms with van der Waals surface area (Å²) in [4.78, 5) is 11.1. The van der Waals surface area contributed by atoms with Crippen LogP contribution in [-0.4, -0.2) is 39.3 Å². The number of nitrogens with one attached hydrogen (secondary N) is 1. The summed E-state index contributed by atoms with van der Waals surface area (Å²) < 4.78 is 70.3. The number of amides is 1. The SMILES string of the molecule is COc1ccc(NC(=O)CN(C)S(=O)(=O)c2ccc(Cl)cc2C(F)(F)F)cc1. The predicted octanol–water partition coefficient (Wildman–Crippen LogP) is 3.63. The third-order valence-electron chi connectivity index (χ3n) is 3.68. The molecule has 0 unspecified atom stereocenters. The topological polar surface area (TPSA) is 75.7 Å². The van der Waals surface area contributed by atoms with Crippen LogP contribution in [0.4, 0.5) is 18.9 Å². The Morgan fingerprint density at radius 1 is 1.18 bits per heavy atom. The maximum atomic E-state index is 13.2. The lowest BCUT2D eigenvalue weighted by atomic mass is 10.2. The molecule has 0 spiro atoms. The number of carbonyl (C=O) groups excluding carboxylic acids is 1. The number of ether oxygens (including phenoxy) is 1. The van der Waals surface area contributed by atoms with E-state index in [4.69, 9.17) is 16.3 Å². The third kappa shape index (κ3) is 5.15. The number of alkyl halides is 3. The molecule has 2 aromatic carbocycles. The largest absolute Gasteiger partial charge is 0.497 e. The van der Waals surface area contributed by atoms with Gasteiger partial charge in [-0.2, -0.15) is 17.5 Å². The second kappa shape index (κ2) is 8.38. The number of hydrogen-bond acceptors (Lipinski definition) is 4.